The topological polar surface area (TPSA) is 85.9 Å². The average molecular weight is 467 g/mol. The Kier molecular flexibility index (Phi) is 7.40. The van der Waals surface area contributed by atoms with Gasteiger partial charge < -0.3 is 24.8 Å². The molecule has 0 aliphatic rings. The molecule has 0 heterocycles. The summed E-state index contributed by atoms with van der Waals surface area (Å²) in [7, 11) is 2.89. The molecule has 7 nitrogen and oxygen atoms in total. The lowest BCUT2D eigenvalue weighted by Gasteiger charge is -2.19. The maximum absolute atomic E-state index is 14.9. The van der Waals surface area contributed by atoms with E-state index in [0.29, 0.717) is 17.2 Å². The Balaban J connectivity index is 1.80. The Hall–Kier alpha value is -4.07. The monoisotopic (exact) mass is 466 g/mol. The number of anilines is 2. The molecule has 0 fully saturated rings. The molecule has 0 radical (unpaired) electrons. The average Bonchev–Trinajstić information content (AvgIpc) is 2.80. The van der Waals surface area contributed by atoms with Crippen LogP contribution in [0.2, 0.25) is 0 Å². The molecule has 3 aromatic carbocycles. The number of hydrogen-bond donors (Lipinski definition) is 2. The van der Waals surface area contributed by atoms with E-state index in [1.807, 2.05) is 0 Å². The van der Waals surface area contributed by atoms with Gasteiger partial charge in [0.15, 0.2) is 17.3 Å². The van der Waals surface area contributed by atoms with Gasteiger partial charge in [-0.3, -0.25) is 9.59 Å². The highest BCUT2D eigenvalue weighted by Crippen LogP contribution is 2.34. The maximum Gasteiger partial charge on any atom is 0.263 e. The van der Waals surface area contributed by atoms with Crippen molar-refractivity contribution in [2.45, 2.75) is 20.8 Å². The Labute approximate surface area is 197 Å². The third-order valence-electron chi connectivity index (χ3n) is 4.88. The van der Waals surface area contributed by atoms with Crippen molar-refractivity contribution in [2.24, 2.45) is 5.41 Å². The standard InChI is InChI=1S/C26H27FN2O5/c1-26(2,3)25(31)29-18-9-6-7-10-20(18)34-19-14-13-16(15-17(19)27)28-24(30)23-21(32-4)11-8-12-22(23)33-5/h6-15H,1-5H3,(H,28,30)(H,29,31). The van der Waals surface area contributed by atoms with E-state index in [9.17, 15) is 14.0 Å². The molecule has 34 heavy (non-hydrogen) atoms. The van der Waals surface area contributed by atoms with Gasteiger partial charge in [0.2, 0.25) is 5.91 Å². The first-order chi connectivity index (χ1) is 16.1. The Morgan fingerprint density at radius 2 is 1.41 bits per heavy atom. The number of halogens is 1. The van der Waals surface area contributed by atoms with Crippen LogP contribution >= 0.6 is 0 Å². The van der Waals surface area contributed by atoms with Crippen LogP contribution in [0, 0.1) is 11.2 Å². The summed E-state index contributed by atoms with van der Waals surface area (Å²) in [5.41, 5.74) is 0.221. The van der Waals surface area contributed by atoms with Crippen molar-refractivity contribution in [1.29, 1.82) is 0 Å². The van der Waals surface area contributed by atoms with Gasteiger partial charge in [0, 0.05) is 17.2 Å². The fourth-order valence-electron chi connectivity index (χ4n) is 3.02. The fraction of sp³-hybridized carbons (Fsp3) is 0.231. The molecule has 0 aliphatic carbocycles. The lowest BCUT2D eigenvalue weighted by Crippen LogP contribution is -2.27. The van der Waals surface area contributed by atoms with Crippen LogP contribution in [0.15, 0.2) is 60.7 Å². The van der Waals surface area contributed by atoms with Gasteiger partial charge in [-0.2, -0.15) is 0 Å². The van der Waals surface area contributed by atoms with Crippen LogP contribution < -0.4 is 24.8 Å². The highest BCUT2D eigenvalue weighted by atomic mass is 19.1. The number of nitrogens with one attached hydrogen (secondary N) is 2. The number of para-hydroxylation sites is 2. The molecule has 8 heteroatoms. The lowest BCUT2D eigenvalue weighted by atomic mass is 9.95. The Bertz CT molecular complexity index is 1180. The zero-order valence-electron chi connectivity index (χ0n) is 19.7. The number of carbonyl (C=O) groups is 2. The van der Waals surface area contributed by atoms with E-state index in [1.165, 1.54) is 26.4 Å². The molecule has 0 bridgehead atoms. The van der Waals surface area contributed by atoms with Crippen molar-refractivity contribution in [3.05, 3.63) is 72.0 Å². The molecule has 3 rings (SSSR count). The van der Waals surface area contributed by atoms with E-state index in [4.69, 9.17) is 14.2 Å². The van der Waals surface area contributed by atoms with Gasteiger partial charge in [0.1, 0.15) is 17.1 Å². The smallest absolute Gasteiger partial charge is 0.263 e. The maximum atomic E-state index is 14.9. The minimum atomic E-state index is -0.693. The Morgan fingerprint density at radius 3 is 2.00 bits per heavy atom. The summed E-state index contributed by atoms with van der Waals surface area (Å²) in [6.45, 7) is 5.37. The zero-order chi connectivity index (χ0) is 24.9. The third-order valence-corrected chi connectivity index (χ3v) is 4.88. The van der Waals surface area contributed by atoms with E-state index >= 15 is 0 Å². The van der Waals surface area contributed by atoms with E-state index in [1.54, 1.807) is 63.2 Å². The van der Waals surface area contributed by atoms with Crippen molar-refractivity contribution in [1.82, 2.24) is 0 Å². The molecule has 3 aromatic rings. The molecule has 2 amide bonds. The number of carbonyl (C=O) groups excluding carboxylic acids is 2. The molecular weight excluding hydrogens is 439 g/mol. The number of ether oxygens (including phenoxy) is 3. The van der Waals surface area contributed by atoms with Crippen molar-refractivity contribution in [3.8, 4) is 23.0 Å². The second-order valence-electron chi connectivity index (χ2n) is 8.44. The summed E-state index contributed by atoms with van der Waals surface area (Å²) in [6, 6.07) is 15.8. The third kappa shape index (κ3) is 5.64. The minimum absolute atomic E-state index is 0.0645. The Morgan fingerprint density at radius 1 is 0.794 bits per heavy atom. The SMILES string of the molecule is COc1cccc(OC)c1C(=O)Nc1ccc(Oc2ccccc2NC(=O)C(C)(C)C)c(F)c1. The summed E-state index contributed by atoms with van der Waals surface area (Å²) >= 11 is 0. The number of amides is 2. The largest absolute Gasteiger partial charge is 0.496 e. The zero-order valence-corrected chi connectivity index (χ0v) is 19.7. The van der Waals surface area contributed by atoms with Crippen LogP contribution in [-0.2, 0) is 4.79 Å². The highest BCUT2D eigenvalue weighted by Gasteiger charge is 2.23. The molecule has 0 atom stereocenters. The molecular formula is C26H27FN2O5. The van der Waals surface area contributed by atoms with Crippen LogP contribution in [0.4, 0.5) is 15.8 Å². The molecule has 178 valence electrons. The molecule has 0 saturated heterocycles. The second-order valence-corrected chi connectivity index (χ2v) is 8.44. The molecule has 0 spiro atoms. The van der Waals surface area contributed by atoms with Crippen molar-refractivity contribution in [3.63, 3.8) is 0 Å². The van der Waals surface area contributed by atoms with Gasteiger partial charge >= 0.3 is 0 Å². The van der Waals surface area contributed by atoms with Crippen LogP contribution in [0.1, 0.15) is 31.1 Å². The van der Waals surface area contributed by atoms with E-state index in [0.717, 1.165) is 6.07 Å². The number of rotatable bonds is 7. The minimum Gasteiger partial charge on any atom is -0.496 e. The number of methoxy groups -OCH3 is 2. The van der Waals surface area contributed by atoms with Gasteiger partial charge in [-0.15, -0.1) is 0 Å². The summed E-state index contributed by atoms with van der Waals surface area (Å²) in [5.74, 6) is -0.537. The van der Waals surface area contributed by atoms with Gasteiger partial charge in [-0.1, -0.05) is 39.0 Å². The highest BCUT2D eigenvalue weighted by molar-refractivity contribution is 6.08. The molecule has 0 aromatic heterocycles. The molecule has 0 unspecified atom stereocenters. The molecule has 2 N–H and O–H groups in total. The summed E-state index contributed by atoms with van der Waals surface area (Å²) < 4.78 is 31.1. The molecule has 0 aliphatic heterocycles. The van der Waals surface area contributed by atoms with Gasteiger partial charge in [0.05, 0.1) is 19.9 Å². The van der Waals surface area contributed by atoms with E-state index in [2.05, 4.69) is 10.6 Å². The first-order valence-electron chi connectivity index (χ1n) is 10.5. The van der Waals surface area contributed by atoms with Crippen LogP contribution in [-0.4, -0.2) is 26.0 Å². The van der Waals surface area contributed by atoms with Gasteiger partial charge in [0.25, 0.3) is 5.91 Å². The van der Waals surface area contributed by atoms with Crippen molar-refractivity contribution < 1.29 is 28.2 Å². The van der Waals surface area contributed by atoms with Gasteiger partial charge in [-0.05, 0) is 36.4 Å². The molecule has 0 saturated carbocycles. The first-order valence-corrected chi connectivity index (χ1v) is 10.5. The van der Waals surface area contributed by atoms with Crippen LogP contribution in [0.3, 0.4) is 0 Å². The van der Waals surface area contributed by atoms with E-state index < -0.39 is 17.1 Å². The summed E-state index contributed by atoms with van der Waals surface area (Å²) in [6.07, 6.45) is 0. The van der Waals surface area contributed by atoms with Crippen LogP contribution in [0.5, 0.6) is 23.0 Å². The first kappa shape index (κ1) is 24.6. The van der Waals surface area contributed by atoms with Gasteiger partial charge in [-0.25, -0.2) is 4.39 Å². The predicted molar refractivity (Wildman–Crippen MR) is 128 cm³/mol. The quantitative estimate of drug-likeness (QED) is 0.455. The van der Waals surface area contributed by atoms with Crippen molar-refractivity contribution >= 4 is 23.2 Å². The van der Waals surface area contributed by atoms with E-state index in [-0.39, 0.29) is 28.7 Å². The summed E-state index contributed by atoms with van der Waals surface area (Å²) in [4.78, 5) is 25.2. The summed E-state index contributed by atoms with van der Waals surface area (Å²) in [5, 5.41) is 5.44. The number of hydrogen-bond acceptors (Lipinski definition) is 5. The van der Waals surface area contributed by atoms with Crippen LogP contribution in [0.25, 0.3) is 0 Å². The fourth-order valence-corrected chi connectivity index (χ4v) is 3.02. The van der Waals surface area contributed by atoms with Crippen molar-refractivity contribution in [2.75, 3.05) is 24.9 Å². The second kappa shape index (κ2) is 10.2. The number of benzene rings is 3. The predicted octanol–water partition coefficient (Wildman–Crippen LogP) is 5.87. The lowest BCUT2D eigenvalue weighted by molar-refractivity contribution is -0.123. The normalized spacial score (nSPS) is 10.9.